The predicted molar refractivity (Wildman–Crippen MR) is 83.3 cm³/mol. The highest BCUT2D eigenvalue weighted by molar-refractivity contribution is 5.69. The number of hydrogen-bond acceptors (Lipinski definition) is 9. The van der Waals surface area contributed by atoms with Crippen molar-refractivity contribution in [3.8, 4) is 0 Å². The van der Waals surface area contributed by atoms with E-state index in [4.69, 9.17) is 19.0 Å². The molecule has 2 fully saturated rings. The van der Waals surface area contributed by atoms with Crippen LogP contribution in [0.5, 0.6) is 0 Å². The Labute approximate surface area is 143 Å². The van der Waals surface area contributed by atoms with Gasteiger partial charge in [0.1, 0.15) is 18.3 Å². The van der Waals surface area contributed by atoms with Crippen LogP contribution in [0.3, 0.4) is 0 Å². The summed E-state index contributed by atoms with van der Waals surface area (Å²) in [5.74, 6) is -1.21. The molecule has 1 aromatic heterocycles. The van der Waals surface area contributed by atoms with Gasteiger partial charge in [0.2, 0.25) is 0 Å². The van der Waals surface area contributed by atoms with Crippen LogP contribution >= 0.6 is 0 Å². The fraction of sp³-hybridized carbons (Fsp3) is 0.667. The molecule has 0 aliphatic carbocycles. The highest BCUT2D eigenvalue weighted by atomic mass is 16.8. The first-order valence-corrected chi connectivity index (χ1v) is 8.01. The van der Waals surface area contributed by atoms with Crippen LogP contribution in [0.25, 0.3) is 0 Å². The monoisotopic (exact) mass is 355 g/mol. The summed E-state index contributed by atoms with van der Waals surface area (Å²) < 4.78 is 18.5. The van der Waals surface area contributed by atoms with E-state index in [9.17, 15) is 14.7 Å². The van der Waals surface area contributed by atoms with Crippen LogP contribution in [-0.2, 0) is 23.8 Å². The smallest absolute Gasteiger partial charge is 0.351 e. The van der Waals surface area contributed by atoms with E-state index in [1.54, 1.807) is 20.8 Å². The molecule has 3 rings (SSSR count). The van der Waals surface area contributed by atoms with Crippen LogP contribution in [-0.4, -0.2) is 51.3 Å². The van der Waals surface area contributed by atoms with E-state index in [1.807, 2.05) is 0 Å². The number of hydrogen-bond donors (Lipinski definition) is 2. The van der Waals surface area contributed by atoms with Crippen LogP contribution in [0.4, 0.5) is 5.82 Å². The second kappa shape index (κ2) is 6.71. The molecule has 1 aromatic rings. The van der Waals surface area contributed by atoms with E-state index in [2.05, 4.69) is 10.5 Å². The fourth-order valence-corrected chi connectivity index (χ4v) is 2.87. The third-order valence-electron chi connectivity index (χ3n) is 3.97. The minimum absolute atomic E-state index is 0.0974. The Balaban J connectivity index is 1.79. The zero-order valence-corrected chi connectivity index (χ0v) is 14.2. The van der Waals surface area contributed by atoms with Crippen LogP contribution in [0.1, 0.15) is 33.4 Å². The molecule has 2 aliphatic rings. The third-order valence-corrected chi connectivity index (χ3v) is 3.97. The van der Waals surface area contributed by atoms with Gasteiger partial charge in [-0.2, -0.15) is 4.98 Å². The van der Waals surface area contributed by atoms with Crippen LogP contribution in [0, 0.1) is 0 Å². The average Bonchev–Trinajstić information content (AvgIpc) is 3.05. The maximum absolute atomic E-state index is 12.3. The number of aromatic nitrogens is 2. The molecule has 2 N–H and O–H groups in total. The van der Waals surface area contributed by atoms with E-state index in [1.165, 1.54) is 16.8 Å². The molecule has 0 aromatic carbocycles. The van der Waals surface area contributed by atoms with E-state index >= 15 is 0 Å². The largest absolute Gasteiger partial charge is 0.394 e. The lowest BCUT2D eigenvalue weighted by atomic mass is 10.1. The molecule has 138 valence electrons. The maximum atomic E-state index is 12.3. The molecule has 0 radical (unpaired) electrons. The Morgan fingerprint density at radius 2 is 2.16 bits per heavy atom. The molecule has 10 nitrogen and oxygen atoms in total. The van der Waals surface area contributed by atoms with E-state index in [0.717, 1.165) is 0 Å². The van der Waals surface area contributed by atoms with Crippen LogP contribution in [0.2, 0.25) is 0 Å². The van der Waals surface area contributed by atoms with Gasteiger partial charge in [0.15, 0.2) is 17.8 Å². The van der Waals surface area contributed by atoms with Crippen LogP contribution in [0.15, 0.2) is 17.1 Å². The van der Waals surface area contributed by atoms with Crippen molar-refractivity contribution in [2.24, 2.45) is 0 Å². The first-order chi connectivity index (χ1) is 11.8. The Hall–Kier alpha value is -2.01. The lowest BCUT2D eigenvalue weighted by Crippen LogP contribution is -2.35. The summed E-state index contributed by atoms with van der Waals surface area (Å²) in [6, 6.07) is 1.47. The lowest BCUT2D eigenvalue weighted by molar-refractivity contribution is -0.200. The molecule has 3 heterocycles. The minimum atomic E-state index is -0.836. The van der Waals surface area contributed by atoms with Gasteiger partial charge in [0.25, 0.3) is 0 Å². The highest BCUT2D eigenvalue weighted by Gasteiger charge is 2.55. The molecular formula is C15H21N3O7. The van der Waals surface area contributed by atoms with Gasteiger partial charge in [-0.25, -0.2) is 15.1 Å². The second-order valence-corrected chi connectivity index (χ2v) is 6.24. The number of fused-ring (bicyclic) bond motifs is 1. The maximum Gasteiger partial charge on any atom is 0.351 e. The van der Waals surface area contributed by atoms with Crippen molar-refractivity contribution in [3.05, 3.63) is 22.7 Å². The topological polar surface area (TPSA) is 121 Å². The number of carbonyl (C=O) groups is 1. The van der Waals surface area contributed by atoms with Gasteiger partial charge in [-0.05, 0) is 13.8 Å². The standard InChI is InChI=1S/C15H21N3O7/c1-4-10(20)25-17-9-5-6-18(14(21)16-9)13-12-11(8(7-19)22-13)23-15(2,3)24-12/h5-6,8,11-13,19H,4,7H2,1-3H3,(H,16,17,21)/t8-,11-,12-,13-/m1/s1. The van der Waals surface area contributed by atoms with Gasteiger partial charge in [-0.3, -0.25) is 4.57 Å². The summed E-state index contributed by atoms with van der Waals surface area (Å²) in [6.45, 7) is 4.90. The van der Waals surface area contributed by atoms with Gasteiger partial charge in [-0.15, -0.1) is 0 Å². The minimum Gasteiger partial charge on any atom is -0.394 e. The summed E-state index contributed by atoms with van der Waals surface area (Å²) in [5, 5.41) is 9.48. The zero-order valence-electron chi connectivity index (χ0n) is 14.2. The summed E-state index contributed by atoms with van der Waals surface area (Å²) >= 11 is 0. The quantitative estimate of drug-likeness (QED) is 0.699. The van der Waals surface area contributed by atoms with E-state index in [-0.39, 0.29) is 18.8 Å². The summed E-state index contributed by atoms with van der Waals surface area (Å²) in [4.78, 5) is 32.0. The summed E-state index contributed by atoms with van der Waals surface area (Å²) in [7, 11) is 0. The van der Waals surface area contributed by atoms with Crippen molar-refractivity contribution >= 4 is 11.8 Å². The molecule has 2 saturated heterocycles. The number of anilines is 1. The number of carbonyl (C=O) groups excluding carboxylic acids is 1. The predicted octanol–water partition coefficient (Wildman–Crippen LogP) is -0.0668. The van der Waals surface area contributed by atoms with E-state index in [0.29, 0.717) is 0 Å². The lowest BCUT2D eigenvalue weighted by Gasteiger charge is -2.24. The highest BCUT2D eigenvalue weighted by Crippen LogP contribution is 2.42. The third kappa shape index (κ3) is 3.52. The summed E-state index contributed by atoms with van der Waals surface area (Å²) in [6.07, 6.45) is -0.779. The van der Waals surface area contributed by atoms with Crippen molar-refractivity contribution in [3.63, 3.8) is 0 Å². The molecular weight excluding hydrogens is 334 g/mol. The normalized spacial score (nSPS) is 30.1. The van der Waals surface area contributed by atoms with Gasteiger partial charge >= 0.3 is 11.7 Å². The van der Waals surface area contributed by atoms with Crippen molar-refractivity contribution in [1.82, 2.24) is 9.55 Å². The molecule has 10 heteroatoms. The molecule has 2 aliphatic heterocycles. The molecule has 0 bridgehead atoms. The number of aliphatic hydroxyl groups is 1. The molecule has 0 unspecified atom stereocenters. The zero-order chi connectivity index (χ0) is 18.2. The Bertz CT molecular complexity index is 705. The fourth-order valence-electron chi connectivity index (χ4n) is 2.87. The summed E-state index contributed by atoms with van der Waals surface area (Å²) in [5.41, 5.74) is 1.71. The molecule has 4 atom stereocenters. The SMILES string of the molecule is CCC(=O)ONc1ccn([C@@H]2O[C@H](CO)[C@H]3OC(C)(C)O[C@H]32)c(=O)n1. The molecule has 25 heavy (non-hydrogen) atoms. The molecule has 0 amide bonds. The van der Waals surface area contributed by atoms with Crippen molar-refractivity contribution in [2.75, 3.05) is 12.1 Å². The number of ether oxygens (including phenoxy) is 3. The van der Waals surface area contributed by atoms with E-state index < -0.39 is 42.0 Å². The molecule has 0 spiro atoms. The second-order valence-electron chi connectivity index (χ2n) is 6.24. The Morgan fingerprint density at radius 1 is 1.44 bits per heavy atom. The van der Waals surface area contributed by atoms with Crippen molar-refractivity contribution in [1.29, 1.82) is 0 Å². The molecule has 0 saturated carbocycles. The Kier molecular flexibility index (Phi) is 4.78. The number of nitrogens with one attached hydrogen (secondary N) is 1. The van der Waals surface area contributed by atoms with Crippen LogP contribution < -0.4 is 11.2 Å². The number of rotatable bonds is 5. The van der Waals surface area contributed by atoms with Gasteiger partial charge in [0.05, 0.1) is 6.61 Å². The van der Waals surface area contributed by atoms with Gasteiger partial charge < -0.3 is 24.2 Å². The number of nitrogens with zero attached hydrogens (tertiary/aromatic N) is 2. The average molecular weight is 355 g/mol. The van der Waals surface area contributed by atoms with Gasteiger partial charge in [-0.1, -0.05) is 6.92 Å². The first-order valence-electron chi connectivity index (χ1n) is 8.01. The van der Waals surface area contributed by atoms with Crippen molar-refractivity contribution < 1.29 is 28.9 Å². The van der Waals surface area contributed by atoms with Gasteiger partial charge in [0, 0.05) is 18.7 Å². The Morgan fingerprint density at radius 3 is 2.80 bits per heavy atom. The first kappa shape index (κ1) is 17.8. The number of aliphatic hydroxyl groups excluding tert-OH is 1. The van der Waals surface area contributed by atoms with Crippen molar-refractivity contribution in [2.45, 2.75) is 57.5 Å².